The number of fused-ring (bicyclic) bond motifs is 6. The maximum absolute atomic E-state index is 14.0. The minimum absolute atomic E-state index is 0.0102. The monoisotopic (exact) mass is 1380 g/mol. The first-order chi connectivity index (χ1) is 46.5. The number of hydrogen-bond donors (Lipinski definition) is 16. The van der Waals surface area contributed by atoms with E-state index in [0.717, 1.165) is 32.5 Å². The Morgan fingerprint density at radius 2 is 1.38 bits per heavy atom. The van der Waals surface area contributed by atoms with E-state index in [0.29, 0.717) is 67.9 Å². The van der Waals surface area contributed by atoms with Crippen LogP contribution in [0.4, 0.5) is 28.7 Å². The van der Waals surface area contributed by atoms with E-state index in [9.17, 15) is 73.2 Å². The second-order valence-electron chi connectivity index (χ2n) is 22.3. The fraction of sp³-hybridized carbons (Fsp3) is 0.238. The number of nitrogens with two attached hydrogens (primary N) is 2. The van der Waals surface area contributed by atoms with Gasteiger partial charge in [0, 0.05) is 105 Å². The number of hydrogen-bond acceptors (Lipinski definition) is 20. The molecule has 4 aromatic heterocycles. The van der Waals surface area contributed by atoms with E-state index in [-0.39, 0.29) is 82.2 Å². The lowest BCUT2D eigenvalue weighted by Crippen LogP contribution is -2.57. The highest BCUT2D eigenvalue weighted by Crippen LogP contribution is 2.44. The summed E-state index contributed by atoms with van der Waals surface area (Å²) in [6.45, 7) is -0.0760. The van der Waals surface area contributed by atoms with Gasteiger partial charge >= 0.3 is 17.9 Å². The number of H-pyrrole nitrogens is 3. The summed E-state index contributed by atoms with van der Waals surface area (Å²) in [5, 5.41) is 60.3. The van der Waals surface area contributed by atoms with Crippen LogP contribution in [0, 0.1) is 0 Å². The van der Waals surface area contributed by atoms with Crippen molar-refractivity contribution in [2.24, 2.45) is 5.73 Å². The largest absolute Gasteiger partial charge is 0.507 e. The van der Waals surface area contributed by atoms with E-state index in [2.05, 4.69) is 67.1 Å². The summed E-state index contributed by atoms with van der Waals surface area (Å²) in [5.74, 6) is -9.31. The van der Waals surface area contributed by atoms with Gasteiger partial charge in [0.2, 0.25) is 29.6 Å². The smallest absolute Gasteiger partial charge is 0.327 e. The van der Waals surface area contributed by atoms with E-state index in [1.165, 1.54) is 30.5 Å². The van der Waals surface area contributed by atoms with Crippen LogP contribution in [0.5, 0.6) is 5.75 Å². The predicted molar refractivity (Wildman–Crippen MR) is 362 cm³/mol. The minimum Gasteiger partial charge on any atom is -0.507 e. The number of carboxylic acids is 3. The number of carbonyl (C=O) groups is 10. The summed E-state index contributed by atoms with van der Waals surface area (Å²) >= 11 is 6.40. The number of phenols is 1. The van der Waals surface area contributed by atoms with E-state index in [1.54, 1.807) is 71.6 Å². The molecule has 7 amide bonds. The average Bonchev–Trinajstić information content (AvgIpc) is 1.62. The minimum atomic E-state index is -1.82. The number of aromatic hydroxyl groups is 1. The first-order valence-corrected chi connectivity index (χ1v) is 32.7. The molecule has 0 bridgehead atoms. The summed E-state index contributed by atoms with van der Waals surface area (Å²) in [6.07, 6.45) is -0.459. The summed E-state index contributed by atoms with van der Waals surface area (Å²) < 4.78 is 0. The average molecular weight is 1380 g/mol. The standard InChI is InChI=1S/C63H61ClN16O15S2/c64-23-32-27-80(47-14-10-37-38(52(32)47)2-1-3-48(37)81)60(91)45-21-31-19-35(9-12-41(31)74-45)72-57(88)43-20-30-18-34(8-11-40(30)73-43)70-50(83)16-17-96-97-28-46(62(94)95)77-58(89)44(22-51(84)85)76-56(87)39(65)26-68-49(82)15-13-42(61(92)93)75-55(86)29-4-6-33(7-5-29)67-24-36-25-69-54-53(71-36)59(90)79-63(66)78-54/h1-12,14,18-21,25,32,39,42,44,46,67,73-74,81H,13,15-17,22-24,26-28,65H2,(H,68,82)(H,70,83)(H,72,88)(H,75,86)(H,76,87)(H,77,89)(H,84,85)(H,92,93)(H,94,95)(H3,66,69,78,79,90). The number of aromatic nitrogens is 6. The Bertz CT molecular complexity index is 4660. The number of benzene rings is 5. The molecule has 18 N–H and O–H groups in total. The molecule has 9 aromatic rings. The van der Waals surface area contributed by atoms with Gasteiger partial charge in [-0.1, -0.05) is 33.7 Å². The van der Waals surface area contributed by atoms with E-state index >= 15 is 0 Å². The Morgan fingerprint density at radius 3 is 2.08 bits per heavy atom. The SMILES string of the molecule is Nc1nc2ncc(CNc3ccc(C(=O)NC(CCC(=O)NCC(N)C(=O)NC(CC(=O)O)C(=O)NC(CSSCCC(=O)Nc4ccc5[nH]c(C(=O)Nc6ccc7[nH]c(C(=O)N8CC(CCl)c9c8ccc8c(O)cccc98)cc7c6)cc5c4)C(=O)O)C(=O)O)cc3)nc2c(=O)[nH]1. The summed E-state index contributed by atoms with van der Waals surface area (Å²) in [6, 6.07) is 21.8. The molecule has 34 heteroatoms. The van der Waals surface area contributed by atoms with Crippen LogP contribution in [0.3, 0.4) is 0 Å². The zero-order chi connectivity index (χ0) is 69.2. The Kier molecular flexibility index (Phi) is 21.5. The number of halogens is 1. The maximum atomic E-state index is 14.0. The molecule has 10 rings (SSSR count). The fourth-order valence-corrected chi connectivity index (χ4v) is 13.0. The summed E-state index contributed by atoms with van der Waals surface area (Å²) in [4.78, 5) is 163. The third-order valence-corrected chi connectivity index (χ3v) is 18.2. The molecule has 31 nitrogen and oxygen atoms in total. The zero-order valence-electron chi connectivity index (χ0n) is 50.8. The number of nitrogens with one attached hydrogen (secondary N) is 10. The van der Waals surface area contributed by atoms with Gasteiger partial charge in [-0.25, -0.2) is 19.6 Å². The van der Waals surface area contributed by atoms with Crippen LogP contribution in [0.15, 0.2) is 114 Å². The van der Waals surface area contributed by atoms with Crippen molar-refractivity contribution in [1.82, 2.24) is 51.2 Å². The molecule has 0 spiro atoms. The van der Waals surface area contributed by atoms with Crippen molar-refractivity contribution >= 4 is 165 Å². The van der Waals surface area contributed by atoms with Crippen molar-refractivity contribution in [2.75, 3.05) is 57.1 Å². The highest BCUT2D eigenvalue weighted by atomic mass is 35.5. The zero-order valence-corrected chi connectivity index (χ0v) is 53.2. The lowest BCUT2D eigenvalue weighted by molar-refractivity contribution is -0.143. The van der Waals surface area contributed by atoms with E-state index in [4.69, 9.17) is 23.1 Å². The molecule has 1 aliphatic rings. The Hall–Kier alpha value is -11.3. The summed E-state index contributed by atoms with van der Waals surface area (Å²) in [7, 11) is 2.12. The van der Waals surface area contributed by atoms with Gasteiger partial charge in [0.15, 0.2) is 11.2 Å². The predicted octanol–water partition coefficient (Wildman–Crippen LogP) is 4.31. The van der Waals surface area contributed by atoms with Gasteiger partial charge in [0.1, 0.15) is 41.3 Å². The molecular formula is C63H61ClN16O15S2. The summed E-state index contributed by atoms with van der Waals surface area (Å²) in [5.41, 5.74) is 16.3. The van der Waals surface area contributed by atoms with Gasteiger partial charge in [-0.15, -0.1) is 11.6 Å². The first kappa shape index (κ1) is 68.6. The highest BCUT2D eigenvalue weighted by molar-refractivity contribution is 8.76. The van der Waals surface area contributed by atoms with Crippen LogP contribution in [0.1, 0.15) is 74.2 Å². The second-order valence-corrected chi connectivity index (χ2v) is 25.2. The third kappa shape index (κ3) is 16.8. The second kappa shape index (κ2) is 30.4. The van der Waals surface area contributed by atoms with Crippen molar-refractivity contribution < 1.29 is 68.4 Å². The van der Waals surface area contributed by atoms with Gasteiger partial charge in [-0.3, -0.25) is 48.1 Å². The van der Waals surface area contributed by atoms with Crippen molar-refractivity contribution in [1.29, 1.82) is 0 Å². The number of rotatable bonds is 29. The van der Waals surface area contributed by atoms with Crippen LogP contribution >= 0.6 is 33.2 Å². The lowest BCUT2D eigenvalue weighted by atomic mass is 9.95. The number of aromatic amines is 3. The molecule has 5 aromatic carbocycles. The van der Waals surface area contributed by atoms with Crippen LogP contribution < -0.4 is 59.1 Å². The van der Waals surface area contributed by atoms with Crippen molar-refractivity contribution in [3.8, 4) is 5.75 Å². The molecule has 5 unspecified atom stereocenters. The highest BCUT2D eigenvalue weighted by Gasteiger charge is 2.36. The van der Waals surface area contributed by atoms with Gasteiger partial charge in [-0.05, 0) is 108 Å². The number of carbonyl (C=O) groups excluding carboxylic acids is 7. The molecule has 5 atom stereocenters. The van der Waals surface area contributed by atoms with E-state index < -0.39 is 103 Å². The van der Waals surface area contributed by atoms with Crippen LogP contribution in [0.2, 0.25) is 0 Å². The van der Waals surface area contributed by atoms with Gasteiger partial charge in [-0.2, -0.15) is 4.98 Å². The third-order valence-electron chi connectivity index (χ3n) is 15.4. The molecule has 0 saturated carbocycles. The molecule has 502 valence electrons. The number of nitrogens with zero attached hydrogens (tertiary/aromatic N) is 4. The molecule has 0 aliphatic carbocycles. The maximum Gasteiger partial charge on any atom is 0.327 e. The van der Waals surface area contributed by atoms with Crippen LogP contribution in [-0.2, 0) is 40.1 Å². The number of anilines is 5. The van der Waals surface area contributed by atoms with Crippen LogP contribution in [-0.4, -0.2) is 164 Å². The fourth-order valence-electron chi connectivity index (χ4n) is 10.6. The quantitative estimate of drug-likeness (QED) is 0.0176. The number of nitrogen functional groups attached to an aromatic ring is 1. The molecule has 5 heterocycles. The molecule has 1 aliphatic heterocycles. The normalized spacial score (nSPS) is 13.8. The molecule has 97 heavy (non-hydrogen) atoms. The number of carboxylic acid groups (broad SMARTS) is 3. The van der Waals surface area contributed by atoms with E-state index in [1.807, 2.05) is 12.1 Å². The molecule has 0 radical (unpaired) electrons. The number of amides is 7. The molecular weight excluding hydrogens is 1320 g/mol. The van der Waals surface area contributed by atoms with Crippen molar-refractivity contribution in [2.45, 2.75) is 62.3 Å². The van der Waals surface area contributed by atoms with Gasteiger partial charge in [0.05, 0.1) is 24.9 Å². The first-order valence-electron chi connectivity index (χ1n) is 29.7. The Balaban J connectivity index is 0.626. The van der Waals surface area contributed by atoms with Gasteiger partial charge in [0.25, 0.3) is 23.3 Å². The topological polar surface area (TPSA) is 494 Å². The van der Waals surface area contributed by atoms with Crippen molar-refractivity contribution in [3.05, 3.63) is 148 Å². The molecule has 0 saturated heterocycles. The number of alkyl halides is 1. The van der Waals surface area contributed by atoms with Crippen molar-refractivity contribution in [3.63, 3.8) is 0 Å². The lowest BCUT2D eigenvalue weighted by Gasteiger charge is -2.22. The Morgan fingerprint density at radius 1 is 0.701 bits per heavy atom. The van der Waals surface area contributed by atoms with Crippen LogP contribution in [0.25, 0.3) is 43.7 Å². The number of phenolic OH excluding ortho intramolecular Hbond substituents is 1. The molecule has 0 fully saturated rings. The van der Waals surface area contributed by atoms with Gasteiger partial charge < -0.3 is 84.0 Å². The Labute approximate surface area is 560 Å². The number of aliphatic carboxylic acids is 3.